The van der Waals surface area contributed by atoms with E-state index in [1.54, 1.807) is 16.9 Å². The van der Waals surface area contributed by atoms with Crippen molar-refractivity contribution in [3.63, 3.8) is 0 Å². The van der Waals surface area contributed by atoms with Crippen molar-refractivity contribution in [2.24, 2.45) is 0 Å². The lowest BCUT2D eigenvalue weighted by atomic mass is 10.1. The molecule has 122 valence electrons. The third kappa shape index (κ3) is 3.01. The van der Waals surface area contributed by atoms with Gasteiger partial charge < -0.3 is 9.84 Å². The van der Waals surface area contributed by atoms with Crippen molar-refractivity contribution in [2.75, 3.05) is 7.11 Å². The molecule has 5 nitrogen and oxygen atoms in total. The monoisotopic (exact) mass is 322 g/mol. The first-order valence-corrected chi connectivity index (χ1v) is 7.53. The summed E-state index contributed by atoms with van der Waals surface area (Å²) >= 11 is 0. The summed E-state index contributed by atoms with van der Waals surface area (Å²) in [5, 5.41) is 14.2. The van der Waals surface area contributed by atoms with E-state index in [1.165, 1.54) is 25.4 Å². The number of carbonyl (C=O) groups is 1. The average molecular weight is 322 g/mol. The van der Waals surface area contributed by atoms with Crippen LogP contribution in [0, 0.1) is 13.8 Å². The van der Waals surface area contributed by atoms with Crippen molar-refractivity contribution in [3.05, 3.63) is 71.0 Å². The van der Waals surface area contributed by atoms with Crippen molar-refractivity contribution < 1.29 is 14.6 Å². The fourth-order valence-electron chi connectivity index (χ4n) is 2.64. The quantitative estimate of drug-likeness (QED) is 0.747. The Morgan fingerprint density at radius 3 is 2.50 bits per heavy atom. The van der Waals surface area contributed by atoms with E-state index < -0.39 is 0 Å². The number of phenolic OH excluding ortho intramolecular Hbond substituents is 1. The van der Waals surface area contributed by atoms with Gasteiger partial charge in [-0.05, 0) is 55.3 Å². The van der Waals surface area contributed by atoms with Crippen LogP contribution in [0.3, 0.4) is 0 Å². The van der Waals surface area contributed by atoms with Crippen LogP contribution in [0.4, 0.5) is 0 Å². The van der Waals surface area contributed by atoms with Crippen molar-refractivity contribution in [2.45, 2.75) is 13.8 Å². The molecule has 3 aromatic rings. The maximum atomic E-state index is 12.6. The Kier molecular flexibility index (Phi) is 4.08. The second kappa shape index (κ2) is 6.20. The van der Waals surface area contributed by atoms with Gasteiger partial charge in [-0.25, -0.2) is 4.68 Å². The van der Waals surface area contributed by atoms with Crippen LogP contribution in [0.5, 0.6) is 11.5 Å². The number of rotatable bonds is 4. The minimum absolute atomic E-state index is 0.0834. The van der Waals surface area contributed by atoms with Crippen LogP contribution in [-0.4, -0.2) is 27.8 Å². The molecule has 0 aliphatic heterocycles. The smallest absolute Gasteiger partial charge is 0.200 e. The highest BCUT2D eigenvalue weighted by Crippen LogP contribution is 2.25. The molecule has 0 spiro atoms. The lowest BCUT2D eigenvalue weighted by Gasteiger charge is -2.06. The number of aryl methyl sites for hydroxylation is 2. The first kappa shape index (κ1) is 15.8. The third-order valence-corrected chi connectivity index (χ3v) is 3.76. The largest absolute Gasteiger partial charge is 0.507 e. The van der Waals surface area contributed by atoms with Gasteiger partial charge >= 0.3 is 0 Å². The zero-order chi connectivity index (χ0) is 17.3. The number of benzene rings is 2. The van der Waals surface area contributed by atoms with Crippen molar-refractivity contribution in [1.82, 2.24) is 9.78 Å². The number of hydrogen-bond donors (Lipinski definition) is 1. The molecule has 3 rings (SSSR count). The second-order valence-corrected chi connectivity index (χ2v) is 5.73. The Hall–Kier alpha value is -3.08. The molecule has 0 aliphatic rings. The SMILES string of the molecule is COc1ccc(O)c(C(=O)c2cnn(-c3cc(C)cc(C)c3)c2)c1. The maximum absolute atomic E-state index is 12.6. The van der Waals surface area contributed by atoms with Gasteiger partial charge in [0.05, 0.1) is 30.1 Å². The molecule has 0 saturated heterocycles. The molecule has 5 heteroatoms. The molecule has 0 bridgehead atoms. The summed E-state index contributed by atoms with van der Waals surface area (Å²) in [7, 11) is 1.51. The number of carbonyl (C=O) groups excluding carboxylic acids is 1. The number of methoxy groups -OCH3 is 1. The lowest BCUT2D eigenvalue weighted by Crippen LogP contribution is -2.01. The molecule has 0 fully saturated rings. The van der Waals surface area contributed by atoms with E-state index in [-0.39, 0.29) is 17.1 Å². The second-order valence-electron chi connectivity index (χ2n) is 5.73. The molecule has 0 unspecified atom stereocenters. The molecule has 2 aromatic carbocycles. The zero-order valence-electron chi connectivity index (χ0n) is 13.8. The Morgan fingerprint density at radius 2 is 1.83 bits per heavy atom. The Balaban J connectivity index is 1.97. The summed E-state index contributed by atoms with van der Waals surface area (Å²) < 4.78 is 6.77. The number of phenols is 1. The molecule has 24 heavy (non-hydrogen) atoms. The predicted octanol–water partition coefficient (Wildman–Crippen LogP) is 3.43. The summed E-state index contributed by atoms with van der Waals surface area (Å²) in [6, 6.07) is 10.6. The fraction of sp³-hybridized carbons (Fsp3) is 0.158. The zero-order valence-corrected chi connectivity index (χ0v) is 13.8. The summed E-state index contributed by atoms with van der Waals surface area (Å²) in [6.45, 7) is 4.03. The van der Waals surface area contributed by atoms with Gasteiger partial charge in [-0.3, -0.25) is 4.79 Å². The molecule has 0 radical (unpaired) electrons. The number of aromatic nitrogens is 2. The molecule has 0 atom stereocenters. The van der Waals surface area contributed by atoms with Crippen molar-refractivity contribution >= 4 is 5.78 Å². The Morgan fingerprint density at radius 1 is 1.12 bits per heavy atom. The Bertz CT molecular complexity index is 892. The normalized spacial score (nSPS) is 10.6. The van der Waals surface area contributed by atoms with Crippen LogP contribution in [-0.2, 0) is 0 Å². The topological polar surface area (TPSA) is 64.3 Å². The minimum atomic E-state index is -0.304. The van der Waals surface area contributed by atoms with E-state index in [4.69, 9.17) is 4.74 Å². The predicted molar refractivity (Wildman–Crippen MR) is 91.1 cm³/mol. The summed E-state index contributed by atoms with van der Waals surface area (Å²) in [6.07, 6.45) is 3.16. The van der Waals surface area contributed by atoms with Crippen LogP contribution in [0.25, 0.3) is 5.69 Å². The van der Waals surface area contributed by atoms with Gasteiger partial charge in [-0.1, -0.05) is 6.07 Å². The van der Waals surface area contributed by atoms with Crippen LogP contribution < -0.4 is 4.74 Å². The van der Waals surface area contributed by atoms with Gasteiger partial charge in [0.2, 0.25) is 0 Å². The molecule has 0 saturated carbocycles. The first-order valence-electron chi connectivity index (χ1n) is 7.53. The number of ether oxygens (including phenoxy) is 1. The molecule has 0 amide bonds. The van der Waals surface area contributed by atoms with E-state index in [2.05, 4.69) is 11.2 Å². The van der Waals surface area contributed by atoms with Crippen molar-refractivity contribution in [3.8, 4) is 17.2 Å². The van der Waals surface area contributed by atoms with Gasteiger partial charge in [-0.2, -0.15) is 5.10 Å². The molecular weight excluding hydrogens is 304 g/mol. The first-order chi connectivity index (χ1) is 11.5. The highest BCUT2D eigenvalue weighted by Gasteiger charge is 2.17. The third-order valence-electron chi connectivity index (χ3n) is 3.76. The van der Waals surface area contributed by atoms with Gasteiger partial charge in [0, 0.05) is 6.20 Å². The number of ketones is 1. The highest BCUT2D eigenvalue weighted by molar-refractivity contribution is 6.10. The summed E-state index contributed by atoms with van der Waals surface area (Å²) in [5.74, 6) is 0.125. The molecule has 1 N–H and O–H groups in total. The van der Waals surface area contributed by atoms with Crippen LogP contribution in [0.15, 0.2) is 48.8 Å². The molecule has 1 aromatic heterocycles. The van der Waals surface area contributed by atoms with Gasteiger partial charge in [0.15, 0.2) is 5.78 Å². The standard InChI is InChI=1S/C19H18N2O3/c1-12-6-13(2)8-15(7-12)21-11-14(10-20-21)19(23)17-9-16(24-3)4-5-18(17)22/h4-11,22H,1-3H3. The van der Waals surface area contributed by atoms with E-state index in [1.807, 2.05) is 26.0 Å². The van der Waals surface area contributed by atoms with E-state index in [0.717, 1.165) is 16.8 Å². The molecular formula is C19H18N2O3. The van der Waals surface area contributed by atoms with Gasteiger partial charge in [0.25, 0.3) is 0 Å². The minimum Gasteiger partial charge on any atom is -0.507 e. The van der Waals surface area contributed by atoms with Gasteiger partial charge in [-0.15, -0.1) is 0 Å². The fourth-order valence-corrected chi connectivity index (χ4v) is 2.64. The molecule has 0 aliphatic carbocycles. The highest BCUT2D eigenvalue weighted by atomic mass is 16.5. The summed E-state index contributed by atoms with van der Waals surface area (Å²) in [5.41, 5.74) is 3.73. The summed E-state index contributed by atoms with van der Waals surface area (Å²) in [4.78, 5) is 12.6. The van der Waals surface area contributed by atoms with Crippen LogP contribution in [0.2, 0.25) is 0 Å². The van der Waals surface area contributed by atoms with Crippen LogP contribution in [0.1, 0.15) is 27.0 Å². The Labute approximate surface area is 140 Å². The van der Waals surface area contributed by atoms with Crippen LogP contribution >= 0.6 is 0 Å². The number of aromatic hydroxyl groups is 1. The van der Waals surface area contributed by atoms with E-state index in [0.29, 0.717) is 11.3 Å². The number of hydrogen-bond acceptors (Lipinski definition) is 4. The molecule has 1 heterocycles. The van der Waals surface area contributed by atoms with Crippen molar-refractivity contribution in [1.29, 1.82) is 0 Å². The van der Waals surface area contributed by atoms with Gasteiger partial charge in [0.1, 0.15) is 11.5 Å². The maximum Gasteiger partial charge on any atom is 0.200 e. The average Bonchev–Trinajstić information content (AvgIpc) is 3.04. The van der Waals surface area contributed by atoms with E-state index in [9.17, 15) is 9.90 Å². The lowest BCUT2D eigenvalue weighted by molar-refractivity contribution is 0.103. The van der Waals surface area contributed by atoms with E-state index >= 15 is 0 Å². The number of nitrogens with zero attached hydrogens (tertiary/aromatic N) is 2.